The van der Waals surface area contributed by atoms with Crippen LogP contribution >= 0.6 is 0 Å². The van der Waals surface area contributed by atoms with E-state index in [1.54, 1.807) is 0 Å². The van der Waals surface area contributed by atoms with E-state index in [2.05, 4.69) is 26.1 Å². The lowest BCUT2D eigenvalue weighted by Gasteiger charge is -2.30. The van der Waals surface area contributed by atoms with Crippen LogP contribution in [0.4, 0.5) is 0 Å². The Morgan fingerprint density at radius 1 is 1.06 bits per heavy atom. The standard InChI is InChI=1S/C16H33NO/c1-4-14(3)12-15(5-2)17-13-16(18)10-8-6-7-9-11-16/h14-15,17-18H,4-13H2,1-3H3. The molecule has 18 heavy (non-hydrogen) atoms. The first-order valence-corrected chi connectivity index (χ1v) is 8.05. The van der Waals surface area contributed by atoms with E-state index < -0.39 is 5.60 Å². The molecule has 1 rings (SSSR count). The molecule has 0 aromatic heterocycles. The van der Waals surface area contributed by atoms with Crippen molar-refractivity contribution in [2.45, 2.75) is 90.2 Å². The first kappa shape index (κ1) is 16.0. The van der Waals surface area contributed by atoms with Gasteiger partial charge in [0.25, 0.3) is 0 Å². The van der Waals surface area contributed by atoms with Crippen molar-refractivity contribution < 1.29 is 5.11 Å². The molecule has 108 valence electrons. The predicted molar refractivity (Wildman–Crippen MR) is 78.8 cm³/mol. The highest BCUT2D eigenvalue weighted by Gasteiger charge is 2.28. The van der Waals surface area contributed by atoms with Crippen molar-refractivity contribution in [1.82, 2.24) is 5.32 Å². The highest BCUT2D eigenvalue weighted by molar-refractivity contribution is 4.84. The molecule has 1 aliphatic rings. The largest absolute Gasteiger partial charge is 0.389 e. The van der Waals surface area contributed by atoms with E-state index >= 15 is 0 Å². The molecule has 0 amide bonds. The monoisotopic (exact) mass is 255 g/mol. The summed E-state index contributed by atoms with van der Waals surface area (Å²) in [5.74, 6) is 0.784. The van der Waals surface area contributed by atoms with Crippen LogP contribution in [0, 0.1) is 5.92 Å². The topological polar surface area (TPSA) is 32.3 Å². The second-order valence-corrected chi connectivity index (χ2v) is 6.37. The van der Waals surface area contributed by atoms with Crippen LogP contribution in [-0.4, -0.2) is 23.3 Å². The van der Waals surface area contributed by atoms with Crippen molar-refractivity contribution in [1.29, 1.82) is 0 Å². The van der Waals surface area contributed by atoms with E-state index in [-0.39, 0.29) is 0 Å². The third kappa shape index (κ3) is 5.71. The Hall–Kier alpha value is -0.0800. The van der Waals surface area contributed by atoms with Gasteiger partial charge in [-0.2, -0.15) is 0 Å². The quantitative estimate of drug-likeness (QED) is 0.677. The van der Waals surface area contributed by atoms with Crippen LogP contribution in [0.2, 0.25) is 0 Å². The van der Waals surface area contributed by atoms with Crippen molar-refractivity contribution >= 4 is 0 Å². The first-order valence-electron chi connectivity index (χ1n) is 8.05. The molecular formula is C16H33NO. The van der Waals surface area contributed by atoms with E-state index in [1.165, 1.54) is 44.9 Å². The molecule has 0 aromatic rings. The Morgan fingerprint density at radius 3 is 2.17 bits per heavy atom. The molecular weight excluding hydrogens is 222 g/mol. The van der Waals surface area contributed by atoms with Crippen molar-refractivity contribution in [2.75, 3.05) is 6.54 Å². The number of rotatable bonds is 7. The molecule has 0 heterocycles. The minimum Gasteiger partial charge on any atom is -0.389 e. The number of aliphatic hydroxyl groups is 1. The Kier molecular flexibility index (Phi) is 7.25. The summed E-state index contributed by atoms with van der Waals surface area (Å²) in [5, 5.41) is 14.2. The highest BCUT2D eigenvalue weighted by Crippen LogP contribution is 2.26. The van der Waals surface area contributed by atoms with E-state index in [9.17, 15) is 5.11 Å². The molecule has 1 aliphatic carbocycles. The molecule has 0 aliphatic heterocycles. The predicted octanol–water partition coefficient (Wildman–Crippen LogP) is 3.88. The van der Waals surface area contributed by atoms with Crippen LogP contribution in [0.15, 0.2) is 0 Å². The molecule has 2 unspecified atom stereocenters. The SMILES string of the molecule is CCC(C)CC(CC)NCC1(O)CCCCCC1. The average Bonchev–Trinajstić information content (AvgIpc) is 2.59. The Morgan fingerprint density at radius 2 is 1.67 bits per heavy atom. The fourth-order valence-corrected chi connectivity index (χ4v) is 2.94. The molecule has 0 bridgehead atoms. The van der Waals surface area contributed by atoms with Crippen molar-refractivity contribution in [3.63, 3.8) is 0 Å². The van der Waals surface area contributed by atoms with Gasteiger partial charge in [-0.15, -0.1) is 0 Å². The van der Waals surface area contributed by atoms with Crippen LogP contribution in [0.3, 0.4) is 0 Å². The molecule has 0 radical (unpaired) electrons. The van der Waals surface area contributed by atoms with Crippen LogP contribution < -0.4 is 5.32 Å². The third-order valence-electron chi connectivity index (χ3n) is 4.63. The van der Waals surface area contributed by atoms with Crippen LogP contribution in [0.1, 0.15) is 78.6 Å². The first-order chi connectivity index (χ1) is 8.59. The van der Waals surface area contributed by atoms with E-state index in [4.69, 9.17) is 0 Å². The fraction of sp³-hybridized carbons (Fsp3) is 1.00. The lowest BCUT2D eigenvalue weighted by Crippen LogP contribution is -2.44. The zero-order valence-electron chi connectivity index (χ0n) is 12.7. The van der Waals surface area contributed by atoms with Gasteiger partial charge in [-0.05, 0) is 31.6 Å². The van der Waals surface area contributed by atoms with Crippen molar-refractivity contribution in [3.8, 4) is 0 Å². The summed E-state index contributed by atoms with van der Waals surface area (Å²) in [7, 11) is 0. The van der Waals surface area contributed by atoms with Crippen LogP contribution in [0.25, 0.3) is 0 Å². The Labute approximate surface area is 114 Å². The maximum absolute atomic E-state index is 10.6. The van der Waals surface area contributed by atoms with Gasteiger partial charge >= 0.3 is 0 Å². The summed E-state index contributed by atoms with van der Waals surface area (Å²) < 4.78 is 0. The maximum Gasteiger partial charge on any atom is 0.0771 e. The summed E-state index contributed by atoms with van der Waals surface area (Å²) in [6.45, 7) is 7.63. The fourth-order valence-electron chi connectivity index (χ4n) is 2.94. The van der Waals surface area contributed by atoms with Gasteiger partial charge in [0.15, 0.2) is 0 Å². The van der Waals surface area contributed by atoms with E-state index in [0.717, 1.165) is 25.3 Å². The average molecular weight is 255 g/mol. The molecule has 1 saturated carbocycles. The van der Waals surface area contributed by atoms with Gasteiger partial charge in [0.2, 0.25) is 0 Å². The molecule has 1 fully saturated rings. The third-order valence-corrected chi connectivity index (χ3v) is 4.63. The van der Waals surface area contributed by atoms with Crippen molar-refractivity contribution in [3.05, 3.63) is 0 Å². The van der Waals surface area contributed by atoms with Crippen molar-refractivity contribution in [2.24, 2.45) is 5.92 Å². The molecule has 2 nitrogen and oxygen atoms in total. The zero-order chi connectivity index (χ0) is 13.4. The highest BCUT2D eigenvalue weighted by atomic mass is 16.3. The smallest absolute Gasteiger partial charge is 0.0771 e. The van der Waals surface area contributed by atoms with Gasteiger partial charge in [0.1, 0.15) is 0 Å². The lowest BCUT2D eigenvalue weighted by molar-refractivity contribution is 0.0219. The molecule has 0 spiro atoms. The number of hydrogen-bond donors (Lipinski definition) is 2. The number of nitrogens with one attached hydrogen (secondary N) is 1. The minimum atomic E-state index is -0.431. The van der Waals surface area contributed by atoms with Gasteiger partial charge in [0, 0.05) is 12.6 Å². The Bertz CT molecular complexity index is 209. The normalized spacial score (nSPS) is 23.3. The second kappa shape index (κ2) is 8.16. The maximum atomic E-state index is 10.6. The summed E-state index contributed by atoms with van der Waals surface area (Å²) in [5.41, 5.74) is -0.431. The number of hydrogen-bond acceptors (Lipinski definition) is 2. The summed E-state index contributed by atoms with van der Waals surface area (Å²) in [6, 6.07) is 0.576. The molecule has 2 heteroatoms. The Balaban J connectivity index is 2.35. The van der Waals surface area contributed by atoms with Gasteiger partial charge in [-0.1, -0.05) is 52.9 Å². The van der Waals surface area contributed by atoms with Gasteiger partial charge < -0.3 is 10.4 Å². The van der Waals surface area contributed by atoms with Gasteiger partial charge in [0.05, 0.1) is 5.60 Å². The van der Waals surface area contributed by atoms with E-state index in [1.807, 2.05) is 0 Å². The van der Waals surface area contributed by atoms with E-state index in [0.29, 0.717) is 6.04 Å². The molecule has 2 N–H and O–H groups in total. The molecule has 2 atom stereocenters. The van der Waals surface area contributed by atoms with Crippen LogP contribution in [-0.2, 0) is 0 Å². The minimum absolute atomic E-state index is 0.431. The zero-order valence-corrected chi connectivity index (χ0v) is 12.7. The lowest BCUT2D eigenvalue weighted by atomic mass is 9.92. The summed E-state index contributed by atoms with van der Waals surface area (Å²) in [6.07, 6.45) is 10.6. The second-order valence-electron chi connectivity index (χ2n) is 6.37. The molecule has 0 saturated heterocycles. The summed E-state index contributed by atoms with van der Waals surface area (Å²) in [4.78, 5) is 0. The van der Waals surface area contributed by atoms with Gasteiger partial charge in [-0.3, -0.25) is 0 Å². The van der Waals surface area contributed by atoms with Crippen LogP contribution in [0.5, 0.6) is 0 Å². The van der Waals surface area contributed by atoms with Gasteiger partial charge in [-0.25, -0.2) is 0 Å². The summed E-state index contributed by atoms with van der Waals surface area (Å²) >= 11 is 0. The molecule has 0 aromatic carbocycles.